The summed E-state index contributed by atoms with van der Waals surface area (Å²) in [5.74, 6) is -3.04. The largest absolute Gasteiger partial charge is 0.478 e. The van der Waals surface area contributed by atoms with Gasteiger partial charge in [0.15, 0.2) is 0 Å². The maximum Gasteiger partial charge on any atom is 0.332 e. The smallest absolute Gasteiger partial charge is 0.332 e. The fourth-order valence-corrected chi connectivity index (χ4v) is 4.21. The number of rotatable bonds is 12. The number of nitrogens with zero attached hydrogens (tertiary/aromatic N) is 2. The van der Waals surface area contributed by atoms with E-state index in [0.29, 0.717) is 24.1 Å². The first-order valence-corrected chi connectivity index (χ1v) is 11.9. The zero-order chi connectivity index (χ0) is 25.2. The van der Waals surface area contributed by atoms with Gasteiger partial charge in [0.2, 0.25) is 0 Å². The molecule has 1 unspecified atom stereocenters. The molecule has 1 aromatic carbocycles. The van der Waals surface area contributed by atoms with Crippen molar-refractivity contribution >= 4 is 29.3 Å². The van der Waals surface area contributed by atoms with Gasteiger partial charge in [0, 0.05) is 43.2 Å². The van der Waals surface area contributed by atoms with Crippen molar-refractivity contribution in [1.29, 1.82) is 0 Å². The van der Waals surface area contributed by atoms with E-state index in [2.05, 4.69) is 9.88 Å². The summed E-state index contributed by atoms with van der Waals surface area (Å²) in [7, 11) is 0. The van der Waals surface area contributed by atoms with Crippen LogP contribution in [0, 0.1) is 0 Å². The lowest BCUT2D eigenvalue weighted by atomic mass is 10.0. The van der Waals surface area contributed by atoms with E-state index < -0.39 is 17.5 Å². The first kappa shape index (κ1) is 26.5. The Morgan fingerprint density at radius 1 is 1.11 bits per heavy atom. The van der Waals surface area contributed by atoms with Gasteiger partial charge in [0.25, 0.3) is 0 Å². The SMILES string of the molecule is O=C(O)C=C(CC(=O)CCCN1CCC(OC(c2ccc(Cl)cc2)c2ccccn2)CC1)C(=O)O. The molecule has 1 fully saturated rings. The molecule has 1 saturated heterocycles. The van der Waals surface area contributed by atoms with Gasteiger partial charge in [-0.3, -0.25) is 9.78 Å². The Hall–Kier alpha value is -3.07. The molecule has 2 heterocycles. The molecule has 0 saturated carbocycles. The van der Waals surface area contributed by atoms with Crippen molar-refractivity contribution in [3.05, 3.63) is 76.6 Å². The Bertz CT molecular complexity index is 1030. The summed E-state index contributed by atoms with van der Waals surface area (Å²) in [5, 5.41) is 18.4. The second kappa shape index (κ2) is 13.1. The predicted octanol–water partition coefficient (Wildman–Crippen LogP) is 4.14. The van der Waals surface area contributed by atoms with Crippen molar-refractivity contribution in [2.45, 2.75) is 44.3 Å². The van der Waals surface area contributed by atoms with Gasteiger partial charge in [-0.1, -0.05) is 29.8 Å². The number of hydrogen-bond donors (Lipinski definition) is 2. The van der Waals surface area contributed by atoms with Crippen molar-refractivity contribution in [2.75, 3.05) is 19.6 Å². The molecule has 9 heteroatoms. The number of carbonyl (C=O) groups excluding carboxylic acids is 1. The number of ketones is 1. The Labute approximate surface area is 209 Å². The lowest BCUT2D eigenvalue weighted by molar-refractivity contribution is -0.135. The van der Waals surface area contributed by atoms with Crippen molar-refractivity contribution in [3.63, 3.8) is 0 Å². The van der Waals surface area contributed by atoms with Gasteiger partial charge in [-0.25, -0.2) is 9.59 Å². The molecule has 1 atom stereocenters. The van der Waals surface area contributed by atoms with Crippen LogP contribution in [-0.4, -0.2) is 63.6 Å². The van der Waals surface area contributed by atoms with Gasteiger partial charge in [0.1, 0.15) is 11.9 Å². The molecule has 1 aliphatic heterocycles. The highest BCUT2D eigenvalue weighted by atomic mass is 35.5. The van der Waals surface area contributed by atoms with Crippen LogP contribution in [0.1, 0.15) is 49.5 Å². The van der Waals surface area contributed by atoms with Crippen LogP contribution >= 0.6 is 11.6 Å². The number of hydrogen-bond acceptors (Lipinski definition) is 6. The Kier molecular flexibility index (Phi) is 9.96. The highest BCUT2D eigenvalue weighted by Crippen LogP contribution is 2.29. The van der Waals surface area contributed by atoms with E-state index in [1.54, 1.807) is 6.20 Å². The predicted molar refractivity (Wildman–Crippen MR) is 130 cm³/mol. The summed E-state index contributed by atoms with van der Waals surface area (Å²) in [6, 6.07) is 13.4. The number of Topliss-reactive ketones (excluding diaryl/α,β-unsaturated/α-hetero) is 1. The molecule has 0 bridgehead atoms. The summed E-state index contributed by atoms with van der Waals surface area (Å²) < 4.78 is 6.50. The normalized spacial score (nSPS) is 16.1. The third kappa shape index (κ3) is 8.58. The third-order valence-corrected chi connectivity index (χ3v) is 6.13. The van der Waals surface area contributed by atoms with Crippen LogP contribution in [-0.2, 0) is 19.1 Å². The standard InChI is InChI=1S/C26H29ClN2O6/c27-20-8-6-18(7-9-20)25(23-5-1-2-12-28-23)35-22-10-14-29(15-11-22)13-3-4-21(30)16-19(26(33)34)17-24(31)32/h1-2,5-9,12,17,22,25H,3-4,10-11,13-16H2,(H,31,32)(H,33,34). The number of carboxylic acids is 2. The molecular formula is C26H29ClN2O6. The van der Waals surface area contributed by atoms with E-state index >= 15 is 0 Å². The number of likely N-dealkylation sites (tertiary alicyclic amines) is 1. The minimum absolute atomic E-state index is 0.0647. The van der Waals surface area contributed by atoms with Crippen molar-refractivity contribution in [3.8, 4) is 0 Å². The van der Waals surface area contributed by atoms with Crippen LogP contribution in [0.2, 0.25) is 5.02 Å². The molecule has 0 spiro atoms. The lowest BCUT2D eigenvalue weighted by Crippen LogP contribution is -2.38. The molecule has 8 nitrogen and oxygen atoms in total. The van der Waals surface area contributed by atoms with Gasteiger partial charge >= 0.3 is 11.9 Å². The second-order valence-corrected chi connectivity index (χ2v) is 8.93. The summed E-state index contributed by atoms with van der Waals surface area (Å²) in [4.78, 5) is 40.6. The minimum atomic E-state index is -1.38. The number of piperidine rings is 1. The molecule has 2 N–H and O–H groups in total. The highest BCUT2D eigenvalue weighted by molar-refractivity contribution is 6.30. The van der Waals surface area contributed by atoms with Crippen LogP contribution in [0.25, 0.3) is 0 Å². The second-order valence-electron chi connectivity index (χ2n) is 8.50. The van der Waals surface area contributed by atoms with Gasteiger partial charge in [-0.15, -0.1) is 0 Å². The number of pyridine rings is 1. The van der Waals surface area contributed by atoms with Gasteiger partial charge in [0.05, 0.1) is 17.4 Å². The first-order chi connectivity index (χ1) is 16.8. The molecule has 3 rings (SSSR count). The average molecular weight is 501 g/mol. The average Bonchev–Trinajstić information content (AvgIpc) is 2.84. The first-order valence-electron chi connectivity index (χ1n) is 11.5. The maximum absolute atomic E-state index is 12.1. The van der Waals surface area contributed by atoms with Crippen LogP contribution < -0.4 is 0 Å². The third-order valence-electron chi connectivity index (χ3n) is 5.88. The lowest BCUT2D eigenvalue weighted by Gasteiger charge is -2.34. The van der Waals surface area contributed by atoms with Crippen molar-refractivity contribution < 1.29 is 29.3 Å². The van der Waals surface area contributed by atoms with Crippen LogP contribution in [0.3, 0.4) is 0 Å². The number of aromatic nitrogens is 1. The van der Waals surface area contributed by atoms with Crippen LogP contribution in [0.4, 0.5) is 0 Å². The number of carboxylic acid groups (broad SMARTS) is 2. The van der Waals surface area contributed by atoms with Gasteiger partial charge in [-0.05, 0) is 55.6 Å². The molecule has 1 aromatic heterocycles. The fraction of sp³-hybridized carbons (Fsp3) is 0.385. The Morgan fingerprint density at radius 2 is 1.83 bits per heavy atom. The summed E-state index contributed by atoms with van der Waals surface area (Å²) >= 11 is 6.05. The number of aliphatic carboxylic acids is 2. The van der Waals surface area contributed by atoms with Crippen LogP contribution in [0.15, 0.2) is 60.3 Å². The molecule has 0 amide bonds. The molecule has 2 aromatic rings. The van der Waals surface area contributed by atoms with Crippen molar-refractivity contribution in [2.24, 2.45) is 0 Å². The van der Waals surface area contributed by atoms with E-state index in [4.69, 9.17) is 26.6 Å². The molecule has 186 valence electrons. The zero-order valence-corrected chi connectivity index (χ0v) is 20.1. The van der Waals surface area contributed by atoms with E-state index in [1.807, 2.05) is 42.5 Å². The molecule has 1 aliphatic rings. The highest BCUT2D eigenvalue weighted by Gasteiger charge is 2.25. The Morgan fingerprint density at radius 3 is 2.43 bits per heavy atom. The van der Waals surface area contributed by atoms with E-state index in [1.165, 1.54) is 0 Å². The molecule has 0 radical (unpaired) electrons. The fourth-order valence-electron chi connectivity index (χ4n) is 4.09. The molecule has 35 heavy (non-hydrogen) atoms. The monoisotopic (exact) mass is 500 g/mol. The van der Waals surface area contributed by atoms with E-state index in [-0.39, 0.29) is 30.8 Å². The summed E-state index contributed by atoms with van der Waals surface area (Å²) in [6.45, 7) is 2.37. The number of ether oxygens (including phenoxy) is 1. The van der Waals surface area contributed by atoms with Gasteiger partial charge in [-0.2, -0.15) is 0 Å². The number of carbonyl (C=O) groups is 3. The van der Waals surface area contributed by atoms with Crippen LogP contribution in [0.5, 0.6) is 0 Å². The van der Waals surface area contributed by atoms with Crippen molar-refractivity contribution in [1.82, 2.24) is 9.88 Å². The molecular weight excluding hydrogens is 472 g/mol. The molecule has 0 aliphatic carbocycles. The number of benzene rings is 1. The summed E-state index contributed by atoms with van der Waals surface area (Å²) in [6.07, 6.45) is 4.21. The topological polar surface area (TPSA) is 117 Å². The zero-order valence-electron chi connectivity index (χ0n) is 19.3. The maximum atomic E-state index is 12.1. The quantitative estimate of drug-likeness (QED) is 0.417. The van der Waals surface area contributed by atoms with E-state index in [0.717, 1.165) is 37.2 Å². The van der Waals surface area contributed by atoms with E-state index in [9.17, 15) is 14.4 Å². The number of halogens is 1. The minimum Gasteiger partial charge on any atom is -0.478 e. The Balaban J connectivity index is 1.47. The summed E-state index contributed by atoms with van der Waals surface area (Å²) in [5.41, 5.74) is 1.43. The van der Waals surface area contributed by atoms with Gasteiger partial charge < -0.3 is 19.8 Å².